The Morgan fingerprint density at radius 2 is 2.21 bits per heavy atom. The molecular weight excluding hydrogens is 182 g/mol. The van der Waals surface area contributed by atoms with Crippen molar-refractivity contribution in [2.45, 2.75) is 12.7 Å². The van der Waals surface area contributed by atoms with Gasteiger partial charge in [0.1, 0.15) is 5.75 Å². The van der Waals surface area contributed by atoms with Crippen molar-refractivity contribution in [3.8, 4) is 5.75 Å². The van der Waals surface area contributed by atoms with Crippen LogP contribution in [0.2, 0.25) is 0 Å². The van der Waals surface area contributed by atoms with Gasteiger partial charge in [0.15, 0.2) is 0 Å². The molecule has 0 bridgehead atoms. The maximum absolute atomic E-state index is 9.48. The number of benzene rings is 1. The molecule has 0 aromatic heterocycles. The summed E-state index contributed by atoms with van der Waals surface area (Å²) in [5.74, 6) is 0.0582. The minimum atomic E-state index is -0.827. The first-order valence-corrected chi connectivity index (χ1v) is 4.38. The predicted octanol–water partition coefficient (Wildman–Crippen LogP) is 0.531. The van der Waals surface area contributed by atoms with Crippen LogP contribution >= 0.6 is 0 Å². The summed E-state index contributed by atoms with van der Waals surface area (Å²) in [5, 5.41) is 18.9. The SMILES string of the molecule is COCc1ccc(O)c(C(O)CN)c1. The molecular formula is C10H15NO3. The van der Waals surface area contributed by atoms with Crippen LogP contribution in [0.25, 0.3) is 0 Å². The van der Waals surface area contributed by atoms with Gasteiger partial charge in [-0.25, -0.2) is 0 Å². The predicted molar refractivity (Wildman–Crippen MR) is 52.8 cm³/mol. The van der Waals surface area contributed by atoms with Crippen LogP contribution in [-0.2, 0) is 11.3 Å². The second-order valence-corrected chi connectivity index (χ2v) is 3.08. The molecule has 1 atom stereocenters. The molecule has 78 valence electrons. The van der Waals surface area contributed by atoms with E-state index in [2.05, 4.69) is 0 Å². The minimum absolute atomic E-state index is 0.0582. The van der Waals surface area contributed by atoms with Gasteiger partial charge in [0.25, 0.3) is 0 Å². The molecule has 0 radical (unpaired) electrons. The lowest BCUT2D eigenvalue weighted by Gasteiger charge is -2.11. The summed E-state index contributed by atoms with van der Waals surface area (Å²) in [6.07, 6.45) is -0.827. The van der Waals surface area contributed by atoms with E-state index < -0.39 is 6.10 Å². The maximum Gasteiger partial charge on any atom is 0.121 e. The summed E-state index contributed by atoms with van der Waals surface area (Å²) in [7, 11) is 1.59. The summed E-state index contributed by atoms with van der Waals surface area (Å²) >= 11 is 0. The van der Waals surface area contributed by atoms with Gasteiger partial charge in [-0.2, -0.15) is 0 Å². The van der Waals surface area contributed by atoms with Crippen LogP contribution in [0.15, 0.2) is 18.2 Å². The number of hydrogen-bond acceptors (Lipinski definition) is 4. The Hall–Kier alpha value is -1.10. The largest absolute Gasteiger partial charge is 0.508 e. The van der Waals surface area contributed by atoms with Crippen molar-refractivity contribution >= 4 is 0 Å². The third-order valence-corrected chi connectivity index (χ3v) is 1.99. The van der Waals surface area contributed by atoms with Gasteiger partial charge in [-0.05, 0) is 17.7 Å². The van der Waals surface area contributed by atoms with E-state index in [4.69, 9.17) is 10.5 Å². The van der Waals surface area contributed by atoms with Gasteiger partial charge in [-0.1, -0.05) is 6.07 Å². The Bertz CT molecular complexity index is 301. The second kappa shape index (κ2) is 4.95. The second-order valence-electron chi connectivity index (χ2n) is 3.08. The highest BCUT2D eigenvalue weighted by Gasteiger charge is 2.10. The summed E-state index contributed by atoms with van der Waals surface area (Å²) < 4.78 is 4.94. The number of ether oxygens (including phenoxy) is 1. The Kier molecular flexibility index (Phi) is 3.88. The van der Waals surface area contributed by atoms with Crippen LogP contribution in [0, 0.1) is 0 Å². The van der Waals surface area contributed by atoms with Crippen molar-refractivity contribution in [2.24, 2.45) is 5.73 Å². The first-order chi connectivity index (χ1) is 6.69. The third-order valence-electron chi connectivity index (χ3n) is 1.99. The van der Waals surface area contributed by atoms with Gasteiger partial charge >= 0.3 is 0 Å². The molecule has 4 N–H and O–H groups in total. The fourth-order valence-corrected chi connectivity index (χ4v) is 1.25. The van der Waals surface area contributed by atoms with Crippen LogP contribution < -0.4 is 5.73 Å². The number of hydrogen-bond donors (Lipinski definition) is 3. The molecule has 1 unspecified atom stereocenters. The number of aromatic hydroxyl groups is 1. The Balaban J connectivity index is 2.95. The monoisotopic (exact) mass is 197 g/mol. The molecule has 1 aromatic carbocycles. The van der Waals surface area contributed by atoms with Crippen LogP contribution in [0.3, 0.4) is 0 Å². The van der Waals surface area contributed by atoms with Crippen molar-refractivity contribution in [1.29, 1.82) is 0 Å². The minimum Gasteiger partial charge on any atom is -0.508 e. The van der Waals surface area contributed by atoms with Crippen molar-refractivity contribution in [1.82, 2.24) is 0 Å². The Morgan fingerprint density at radius 1 is 1.50 bits per heavy atom. The highest BCUT2D eigenvalue weighted by molar-refractivity contribution is 5.37. The van der Waals surface area contributed by atoms with Gasteiger partial charge in [-0.15, -0.1) is 0 Å². The zero-order valence-electron chi connectivity index (χ0n) is 8.10. The number of rotatable bonds is 4. The van der Waals surface area contributed by atoms with Crippen molar-refractivity contribution in [3.05, 3.63) is 29.3 Å². The van der Waals surface area contributed by atoms with Gasteiger partial charge in [0, 0.05) is 19.2 Å². The summed E-state index contributed by atoms with van der Waals surface area (Å²) in [4.78, 5) is 0. The van der Waals surface area contributed by atoms with E-state index in [1.807, 2.05) is 0 Å². The zero-order chi connectivity index (χ0) is 10.6. The normalized spacial score (nSPS) is 12.8. The standard InChI is InChI=1S/C10H15NO3/c1-14-6-7-2-3-9(12)8(4-7)10(13)5-11/h2-4,10,12-13H,5-6,11H2,1H3. The number of methoxy groups -OCH3 is 1. The fraction of sp³-hybridized carbons (Fsp3) is 0.400. The Morgan fingerprint density at radius 3 is 2.79 bits per heavy atom. The quantitative estimate of drug-likeness (QED) is 0.658. The van der Waals surface area contributed by atoms with Gasteiger partial charge < -0.3 is 20.7 Å². The molecule has 1 rings (SSSR count). The molecule has 0 saturated carbocycles. The molecule has 0 aliphatic heterocycles. The summed E-state index contributed by atoms with van der Waals surface area (Å²) in [5.41, 5.74) is 6.65. The molecule has 0 amide bonds. The van der Waals surface area contributed by atoms with E-state index >= 15 is 0 Å². The number of nitrogens with two attached hydrogens (primary N) is 1. The first kappa shape index (κ1) is 11.0. The first-order valence-electron chi connectivity index (χ1n) is 4.38. The third kappa shape index (κ3) is 2.45. The number of aliphatic hydroxyl groups excluding tert-OH is 1. The summed E-state index contributed by atoms with van der Waals surface area (Å²) in [6.45, 7) is 0.536. The average Bonchev–Trinajstić information content (AvgIpc) is 2.20. The molecule has 0 saturated heterocycles. The zero-order valence-corrected chi connectivity index (χ0v) is 8.10. The van der Waals surface area contributed by atoms with Crippen LogP contribution in [0.5, 0.6) is 5.75 Å². The number of phenolic OH excluding ortho intramolecular Hbond substituents is 1. The lowest BCUT2D eigenvalue weighted by molar-refractivity contribution is 0.177. The number of aliphatic hydroxyl groups is 1. The van der Waals surface area contributed by atoms with E-state index in [0.29, 0.717) is 12.2 Å². The van der Waals surface area contributed by atoms with Crippen LogP contribution in [0.4, 0.5) is 0 Å². The van der Waals surface area contributed by atoms with Crippen molar-refractivity contribution < 1.29 is 14.9 Å². The molecule has 0 fully saturated rings. The molecule has 4 nitrogen and oxygen atoms in total. The topological polar surface area (TPSA) is 75.7 Å². The lowest BCUT2D eigenvalue weighted by Crippen LogP contribution is -2.12. The molecule has 4 heteroatoms. The number of phenols is 1. The highest BCUT2D eigenvalue weighted by Crippen LogP contribution is 2.24. The molecule has 0 heterocycles. The molecule has 0 aliphatic rings. The molecule has 1 aromatic rings. The molecule has 0 aliphatic carbocycles. The average molecular weight is 197 g/mol. The smallest absolute Gasteiger partial charge is 0.121 e. The van der Waals surface area contributed by atoms with Gasteiger partial charge in [-0.3, -0.25) is 0 Å². The summed E-state index contributed by atoms with van der Waals surface area (Å²) in [6, 6.07) is 4.96. The van der Waals surface area contributed by atoms with Gasteiger partial charge in [0.2, 0.25) is 0 Å². The molecule has 14 heavy (non-hydrogen) atoms. The van der Waals surface area contributed by atoms with Crippen molar-refractivity contribution in [2.75, 3.05) is 13.7 Å². The van der Waals surface area contributed by atoms with Gasteiger partial charge in [0.05, 0.1) is 12.7 Å². The highest BCUT2D eigenvalue weighted by atomic mass is 16.5. The maximum atomic E-state index is 9.48. The van der Waals surface area contributed by atoms with E-state index in [1.54, 1.807) is 19.2 Å². The van der Waals surface area contributed by atoms with E-state index in [9.17, 15) is 10.2 Å². The Labute approximate surface area is 82.9 Å². The van der Waals surface area contributed by atoms with Crippen LogP contribution in [0.1, 0.15) is 17.2 Å². The van der Waals surface area contributed by atoms with Crippen LogP contribution in [-0.4, -0.2) is 23.9 Å². The van der Waals surface area contributed by atoms with E-state index in [1.165, 1.54) is 6.07 Å². The van der Waals surface area contributed by atoms with Crippen molar-refractivity contribution in [3.63, 3.8) is 0 Å². The van der Waals surface area contributed by atoms with E-state index in [-0.39, 0.29) is 12.3 Å². The molecule has 0 spiro atoms. The fourth-order valence-electron chi connectivity index (χ4n) is 1.25. The lowest BCUT2D eigenvalue weighted by atomic mass is 10.1. The van der Waals surface area contributed by atoms with E-state index in [0.717, 1.165) is 5.56 Å².